The van der Waals surface area contributed by atoms with Gasteiger partial charge in [0.2, 0.25) is 0 Å². The number of rotatable bonds is 8. The van der Waals surface area contributed by atoms with Crippen LogP contribution in [0.2, 0.25) is 5.02 Å². The number of benzene rings is 2. The molecule has 2 aromatic carbocycles. The number of aromatic nitrogens is 1. The van der Waals surface area contributed by atoms with Crippen LogP contribution in [0.5, 0.6) is 0 Å². The minimum Gasteiger partial charge on any atom is -0.478 e. The van der Waals surface area contributed by atoms with Gasteiger partial charge < -0.3 is 10.4 Å². The fourth-order valence-electron chi connectivity index (χ4n) is 3.08. The zero-order valence-electron chi connectivity index (χ0n) is 17.8. The number of carboxylic acid groups (broad SMARTS) is 1. The standard InChI is InChI=1S/C21H17ClF3N5O4S/c1-27-17-7-2-12(8-18(17)29-26)11-30(19-16(22)9-14(10-28-19)21(23,24)25)35(33,34)15-5-3-13(4-6-15)20(31)32/h2-10,26-27H,11H2,1H3,(H,31,32). The lowest BCUT2D eigenvalue weighted by Gasteiger charge is -2.25. The van der Waals surface area contributed by atoms with E-state index in [1.807, 2.05) is 0 Å². The zero-order chi connectivity index (χ0) is 26.0. The maximum absolute atomic E-state index is 13.5. The molecule has 3 rings (SSSR count). The number of halogens is 4. The number of hydrogen-bond acceptors (Lipinski definition) is 7. The van der Waals surface area contributed by atoms with E-state index in [1.165, 1.54) is 12.1 Å². The minimum atomic E-state index is -4.75. The monoisotopic (exact) mass is 527 g/mol. The van der Waals surface area contributed by atoms with Crippen LogP contribution < -0.4 is 9.62 Å². The van der Waals surface area contributed by atoms with Crippen molar-refractivity contribution in [1.29, 1.82) is 5.53 Å². The Morgan fingerprint density at radius 2 is 1.86 bits per heavy atom. The van der Waals surface area contributed by atoms with Crippen LogP contribution >= 0.6 is 11.6 Å². The summed E-state index contributed by atoms with van der Waals surface area (Å²) in [5, 5.41) is 14.7. The number of carbonyl (C=O) groups is 1. The van der Waals surface area contributed by atoms with Crippen LogP contribution in [0.25, 0.3) is 0 Å². The lowest BCUT2D eigenvalue weighted by atomic mass is 10.1. The lowest BCUT2D eigenvalue weighted by Crippen LogP contribution is -2.32. The van der Waals surface area contributed by atoms with Crippen LogP contribution in [0.3, 0.4) is 0 Å². The van der Waals surface area contributed by atoms with Crippen molar-refractivity contribution in [2.24, 2.45) is 5.11 Å². The molecule has 0 spiro atoms. The predicted molar refractivity (Wildman–Crippen MR) is 122 cm³/mol. The molecule has 3 aromatic rings. The molecule has 0 bridgehead atoms. The number of pyridine rings is 1. The third kappa shape index (κ3) is 5.52. The van der Waals surface area contributed by atoms with Gasteiger partial charge in [0.25, 0.3) is 10.0 Å². The number of carboxylic acids is 1. The molecular weight excluding hydrogens is 511 g/mol. The van der Waals surface area contributed by atoms with Gasteiger partial charge in [0, 0.05) is 13.2 Å². The van der Waals surface area contributed by atoms with E-state index < -0.39 is 45.1 Å². The van der Waals surface area contributed by atoms with Crippen molar-refractivity contribution in [3.63, 3.8) is 0 Å². The highest BCUT2D eigenvalue weighted by Crippen LogP contribution is 2.36. The average molecular weight is 528 g/mol. The van der Waals surface area contributed by atoms with Gasteiger partial charge in [-0.2, -0.15) is 18.3 Å². The Bertz CT molecular complexity index is 1380. The predicted octanol–water partition coefficient (Wildman–Crippen LogP) is 5.55. The molecular formula is C21H17ClF3N5O4S. The van der Waals surface area contributed by atoms with Crippen LogP contribution in [0, 0.1) is 5.53 Å². The molecule has 184 valence electrons. The van der Waals surface area contributed by atoms with Gasteiger partial charge in [0.05, 0.1) is 33.3 Å². The first-order valence-corrected chi connectivity index (χ1v) is 11.5. The maximum Gasteiger partial charge on any atom is 0.417 e. The first-order valence-electron chi connectivity index (χ1n) is 9.65. The second-order valence-corrected chi connectivity index (χ2v) is 9.35. The Balaban J connectivity index is 2.15. The van der Waals surface area contributed by atoms with Crippen molar-refractivity contribution in [3.8, 4) is 0 Å². The molecule has 0 radical (unpaired) electrons. The minimum absolute atomic E-state index is 0.162. The number of anilines is 2. The molecule has 1 aromatic heterocycles. The summed E-state index contributed by atoms with van der Waals surface area (Å²) in [4.78, 5) is 14.5. The van der Waals surface area contributed by atoms with Crippen LogP contribution in [0.15, 0.2) is 64.7 Å². The molecule has 0 saturated heterocycles. The lowest BCUT2D eigenvalue weighted by molar-refractivity contribution is -0.137. The molecule has 1 heterocycles. The van der Waals surface area contributed by atoms with Gasteiger partial charge in [-0.05, 0) is 48.0 Å². The fraction of sp³-hybridized carbons (Fsp3) is 0.143. The average Bonchev–Trinajstić information content (AvgIpc) is 2.82. The number of hydrogen-bond donors (Lipinski definition) is 3. The Hall–Kier alpha value is -3.71. The molecule has 0 aliphatic rings. The van der Waals surface area contributed by atoms with Crippen molar-refractivity contribution in [1.82, 2.24) is 4.98 Å². The van der Waals surface area contributed by atoms with Gasteiger partial charge in [-0.25, -0.2) is 28.0 Å². The van der Waals surface area contributed by atoms with Gasteiger partial charge in [-0.3, -0.25) is 0 Å². The number of aromatic carboxylic acids is 1. The highest BCUT2D eigenvalue weighted by molar-refractivity contribution is 7.92. The quantitative estimate of drug-likeness (QED) is 0.328. The molecule has 0 unspecified atom stereocenters. The second-order valence-electron chi connectivity index (χ2n) is 7.08. The Morgan fingerprint density at radius 3 is 2.37 bits per heavy atom. The topological polar surface area (TPSA) is 136 Å². The maximum atomic E-state index is 13.5. The van der Waals surface area contributed by atoms with Gasteiger partial charge in [-0.1, -0.05) is 17.7 Å². The largest absolute Gasteiger partial charge is 0.478 e. The van der Waals surface area contributed by atoms with Crippen molar-refractivity contribution >= 4 is 44.8 Å². The summed E-state index contributed by atoms with van der Waals surface area (Å²) in [5.74, 6) is -1.74. The Kier molecular flexibility index (Phi) is 7.31. The summed E-state index contributed by atoms with van der Waals surface area (Å²) < 4.78 is 67.0. The molecule has 0 aliphatic carbocycles. The first kappa shape index (κ1) is 25.9. The summed E-state index contributed by atoms with van der Waals surface area (Å²) in [7, 11) is -2.88. The highest BCUT2D eigenvalue weighted by atomic mass is 35.5. The number of sulfonamides is 1. The molecule has 0 aliphatic heterocycles. The fourth-order valence-corrected chi connectivity index (χ4v) is 4.83. The summed E-state index contributed by atoms with van der Waals surface area (Å²) in [6.07, 6.45) is -4.29. The third-order valence-corrected chi connectivity index (χ3v) is 6.88. The van der Waals surface area contributed by atoms with E-state index in [1.54, 1.807) is 13.1 Å². The number of nitrogens with one attached hydrogen (secondary N) is 2. The smallest absolute Gasteiger partial charge is 0.417 e. The van der Waals surface area contributed by atoms with Crippen LogP contribution in [-0.4, -0.2) is 31.5 Å². The van der Waals surface area contributed by atoms with Crippen molar-refractivity contribution in [2.45, 2.75) is 17.6 Å². The molecule has 9 nitrogen and oxygen atoms in total. The summed E-state index contributed by atoms with van der Waals surface area (Å²) in [6.45, 7) is -0.423. The van der Waals surface area contributed by atoms with E-state index in [-0.39, 0.29) is 16.1 Å². The molecule has 14 heteroatoms. The van der Waals surface area contributed by atoms with Crippen molar-refractivity contribution in [3.05, 3.63) is 76.4 Å². The van der Waals surface area contributed by atoms with Crippen LogP contribution in [0.1, 0.15) is 21.5 Å². The van der Waals surface area contributed by atoms with Gasteiger partial charge >= 0.3 is 12.1 Å². The van der Waals surface area contributed by atoms with E-state index in [0.29, 0.717) is 27.8 Å². The Morgan fingerprint density at radius 1 is 1.20 bits per heavy atom. The SMILES string of the molecule is CNc1ccc(CN(c2ncc(C(F)(F)F)cc2Cl)S(=O)(=O)c2ccc(C(=O)O)cc2)cc1N=N. The highest BCUT2D eigenvalue weighted by Gasteiger charge is 2.34. The summed E-state index contributed by atoms with van der Waals surface area (Å²) in [5.41, 5.74) is 7.02. The summed E-state index contributed by atoms with van der Waals surface area (Å²) in [6, 6.07) is 9.34. The second kappa shape index (κ2) is 9.88. The van der Waals surface area contributed by atoms with Crippen molar-refractivity contribution in [2.75, 3.05) is 16.7 Å². The van der Waals surface area contributed by atoms with Gasteiger partial charge in [0.1, 0.15) is 5.69 Å². The molecule has 0 atom stereocenters. The van der Waals surface area contributed by atoms with E-state index >= 15 is 0 Å². The third-order valence-electron chi connectivity index (χ3n) is 4.85. The molecule has 0 saturated carbocycles. The Labute approximate surface area is 202 Å². The number of alkyl halides is 3. The van der Waals surface area contributed by atoms with Crippen LogP contribution in [0.4, 0.5) is 30.4 Å². The van der Waals surface area contributed by atoms with Gasteiger partial charge in [-0.15, -0.1) is 0 Å². The zero-order valence-corrected chi connectivity index (χ0v) is 19.4. The molecule has 35 heavy (non-hydrogen) atoms. The summed E-state index contributed by atoms with van der Waals surface area (Å²) >= 11 is 6.06. The van der Waals surface area contributed by atoms with E-state index in [0.717, 1.165) is 24.3 Å². The number of nitrogens with zero attached hydrogens (tertiary/aromatic N) is 3. The van der Waals surface area contributed by atoms with E-state index in [4.69, 9.17) is 22.2 Å². The van der Waals surface area contributed by atoms with Crippen LogP contribution in [-0.2, 0) is 22.7 Å². The van der Waals surface area contributed by atoms with E-state index in [2.05, 4.69) is 15.4 Å². The molecule has 0 amide bonds. The first-order chi connectivity index (χ1) is 16.4. The molecule has 0 fully saturated rings. The molecule has 3 N–H and O–H groups in total. The van der Waals surface area contributed by atoms with E-state index in [9.17, 15) is 26.4 Å². The normalized spacial score (nSPS) is 11.7. The van der Waals surface area contributed by atoms with Crippen molar-refractivity contribution < 1.29 is 31.5 Å². The van der Waals surface area contributed by atoms with Gasteiger partial charge in [0.15, 0.2) is 5.82 Å².